The van der Waals surface area contributed by atoms with Crippen LogP contribution < -0.4 is 15.6 Å². The van der Waals surface area contributed by atoms with E-state index in [-0.39, 0.29) is 30.2 Å². The van der Waals surface area contributed by atoms with Crippen molar-refractivity contribution in [2.75, 3.05) is 5.75 Å². The highest BCUT2D eigenvalue weighted by Crippen LogP contribution is 2.34. The molecule has 0 saturated heterocycles. The first-order valence-corrected chi connectivity index (χ1v) is 11.9. The molecule has 0 bridgehead atoms. The molecule has 0 unspecified atom stereocenters. The number of amides is 1. The number of nitrogens with zero attached hydrogens (tertiary/aromatic N) is 1. The Kier molecular flexibility index (Phi) is 6.86. The molecule has 1 aromatic carbocycles. The predicted octanol–water partition coefficient (Wildman–Crippen LogP) is 4.01. The molecule has 3 aromatic rings. The summed E-state index contributed by atoms with van der Waals surface area (Å²) in [5, 5.41) is 3.46. The number of H-pyrrole nitrogens is 1. The maximum atomic E-state index is 12.5. The maximum Gasteiger partial charge on any atom is 0.387 e. The van der Waals surface area contributed by atoms with Crippen LogP contribution in [-0.2, 0) is 29.9 Å². The number of rotatable bonds is 9. The van der Waals surface area contributed by atoms with Gasteiger partial charge in [0.2, 0.25) is 5.91 Å². The van der Waals surface area contributed by atoms with E-state index in [2.05, 4.69) is 20.0 Å². The van der Waals surface area contributed by atoms with E-state index in [9.17, 15) is 18.4 Å². The van der Waals surface area contributed by atoms with E-state index in [0.29, 0.717) is 22.9 Å². The molecule has 4 rings (SSSR count). The zero-order valence-corrected chi connectivity index (χ0v) is 18.2. The molecule has 1 amide bonds. The van der Waals surface area contributed by atoms with Crippen molar-refractivity contribution in [3.63, 3.8) is 0 Å². The molecule has 0 spiro atoms. The number of alkyl halides is 2. The molecule has 2 aromatic heterocycles. The predicted molar refractivity (Wildman–Crippen MR) is 118 cm³/mol. The van der Waals surface area contributed by atoms with Gasteiger partial charge in [-0.15, -0.1) is 11.3 Å². The molecule has 0 saturated carbocycles. The van der Waals surface area contributed by atoms with Crippen LogP contribution in [0.25, 0.3) is 10.2 Å². The van der Waals surface area contributed by atoms with Gasteiger partial charge in [0, 0.05) is 29.2 Å². The molecule has 0 atom stereocenters. The zero-order chi connectivity index (χ0) is 21.8. The fourth-order valence-electron chi connectivity index (χ4n) is 3.59. The highest BCUT2D eigenvalue weighted by atomic mass is 32.2. The van der Waals surface area contributed by atoms with Crippen LogP contribution in [0.5, 0.6) is 5.75 Å². The number of thioether (sulfide) groups is 1. The molecule has 164 valence electrons. The van der Waals surface area contributed by atoms with Gasteiger partial charge in [0.15, 0.2) is 0 Å². The van der Waals surface area contributed by atoms with Crippen LogP contribution in [0.3, 0.4) is 0 Å². The summed E-state index contributed by atoms with van der Waals surface area (Å²) in [4.78, 5) is 34.1. The van der Waals surface area contributed by atoms with Crippen LogP contribution >= 0.6 is 23.1 Å². The van der Waals surface area contributed by atoms with Gasteiger partial charge in [0.1, 0.15) is 16.4 Å². The SMILES string of the molecule is O=C(CCSCc1nc2sc3c(c2c(=O)[nH]1)CCC3)NCc1ccccc1OC(F)F. The number of hydrogen-bond donors (Lipinski definition) is 2. The number of nitrogens with one attached hydrogen (secondary N) is 2. The van der Waals surface area contributed by atoms with Gasteiger partial charge in [-0.05, 0) is 30.9 Å². The largest absolute Gasteiger partial charge is 0.434 e. The standard InChI is InChI=1S/C21H21F2N3O3S2/c22-21(23)29-14-6-2-1-4-12(14)10-24-17(27)8-9-30-11-16-25-19(28)18-13-5-3-7-15(13)31-20(18)26-16/h1-2,4,6,21H,3,5,7-11H2,(H,24,27)(H,25,26,28). The van der Waals surface area contributed by atoms with Crippen molar-refractivity contribution >= 4 is 39.2 Å². The summed E-state index contributed by atoms with van der Waals surface area (Å²) in [7, 11) is 0. The summed E-state index contributed by atoms with van der Waals surface area (Å²) in [5.41, 5.74) is 1.56. The minimum Gasteiger partial charge on any atom is -0.434 e. The molecule has 1 aliphatic rings. The first-order valence-electron chi connectivity index (χ1n) is 9.92. The Morgan fingerprint density at radius 3 is 3.00 bits per heavy atom. The maximum absolute atomic E-state index is 12.5. The topological polar surface area (TPSA) is 84.1 Å². The number of para-hydroxylation sites is 1. The second kappa shape index (κ2) is 9.78. The Balaban J connectivity index is 1.25. The highest BCUT2D eigenvalue weighted by molar-refractivity contribution is 7.98. The number of halogens is 2. The Morgan fingerprint density at radius 1 is 1.32 bits per heavy atom. The quantitative estimate of drug-likeness (QED) is 0.467. The third kappa shape index (κ3) is 5.24. The zero-order valence-electron chi connectivity index (χ0n) is 16.6. The number of ether oxygens (including phenoxy) is 1. The normalized spacial score (nSPS) is 13.0. The lowest BCUT2D eigenvalue weighted by molar-refractivity contribution is -0.120. The van der Waals surface area contributed by atoms with Gasteiger partial charge in [-0.25, -0.2) is 4.98 Å². The Labute approximate surface area is 185 Å². The average molecular weight is 466 g/mol. The summed E-state index contributed by atoms with van der Waals surface area (Å²) < 4.78 is 29.4. The molecule has 0 radical (unpaired) electrons. The molecule has 31 heavy (non-hydrogen) atoms. The third-order valence-electron chi connectivity index (χ3n) is 5.00. The molecule has 6 nitrogen and oxygen atoms in total. The first kappa shape index (κ1) is 21.8. The van der Waals surface area contributed by atoms with Crippen molar-refractivity contribution in [3.05, 3.63) is 56.4 Å². The second-order valence-corrected chi connectivity index (χ2v) is 9.30. The molecule has 2 N–H and O–H groups in total. The van der Waals surface area contributed by atoms with Gasteiger partial charge in [0.05, 0.1) is 11.1 Å². The lowest BCUT2D eigenvalue weighted by Crippen LogP contribution is -2.23. The van der Waals surface area contributed by atoms with E-state index in [1.165, 1.54) is 22.7 Å². The smallest absolute Gasteiger partial charge is 0.387 e. The van der Waals surface area contributed by atoms with E-state index >= 15 is 0 Å². The summed E-state index contributed by atoms with van der Waals surface area (Å²) in [6.07, 6.45) is 3.33. The fourth-order valence-corrected chi connectivity index (χ4v) is 5.68. The van der Waals surface area contributed by atoms with Gasteiger partial charge >= 0.3 is 6.61 Å². The van der Waals surface area contributed by atoms with E-state index < -0.39 is 6.61 Å². The van der Waals surface area contributed by atoms with Gasteiger partial charge < -0.3 is 15.0 Å². The van der Waals surface area contributed by atoms with Crippen molar-refractivity contribution in [1.29, 1.82) is 0 Å². The van der Waals surface area contributed by atoms with Crippen LogP contribution in [0, 0.1) is 0 Å². The number of carbonyl (C=O) groups excluding carboxylic acids is 1. The summed E-state index contributed by atoms with van der Waals surface area (Å²) in [6, 6.07) is 6.36. The van der Waals surface area contributed by atoms with Gasteiger partial charge in [-0.2, -0.15) is 20.5 Å². The van der Waals surface area contributed by atoms with Crippen LogP contribution in [0.1, 0.15) is 34.7 Å². The van der Waals surface area contributed by atoms with Gasteiger partial charge in [0.25, 0.3) is 5.56 Å². The molecule has 1 aliphatic carbocycles. The van der Waals surface area contributed by atoms with Crippen LogP contribution in [0.2, 0.25) is 0 Å². The molecular weight excluding hydrogens is 444 g/mol. The van der Waals surface area contributed by atoms with Gasteiger partial charge in [-0.1, -0.05) is 18.2 Å². The number of hydrogen-bond acceptors (Lipinski definition) is 6. The van der Waals surface area contributed by atoms with Crippen molar-refractivity contribution < 1.29 is 18.3 Å². The fraction of sp³-hybridized carbons (Fsp3) is 0.381. The van der Waals surface area contributed by atoms with Crippen molar-refractivity contribution in [2.24, 2.45) is 0 Å². The summed E-state index contributed by atoms with van der Waals surface area (Å²) in [5.74, 6) is 1.53. The van der Waals surface area contributed by atoms with Crippen molar-refractivity contribution in [3.8, 4) is 5.75 Å². The van der Waals surface area contributed by atoms with Crippen LogP contribution in [0.4, 0.5) is 8.78 Å². The average Bonchev–Trinajstić information content (AvgIpc) is 3.31. The lowest BCUT2D eigenvalue weighted by Gasteiger charge is -2.11. The van der Waals surface area contributed by atoms with E-state index in [0.717, 1.165) is 35.0 Å². The monoisotopic (exact) mass is 465 g/mol. The number of carbonyl (C=O) groups is 1. The molecule has 0 fully saturated rings. The molecule has 0 aliphatic heterocycles. The van der Waals surface area contributed by atoms with Crippen LogP contribution in [-0.4, -0.2) is 28.2 Å². The number of fused-ring (bicyclic) bond motifs is 3. The second-order valence-electron chi connectivity index (χ2n) is 7.12. The minimum atomic E-state index is -2.91. The first-order chi connectivity index (χ1) is 15.0. The minimum absolute atomic E-state index is 0.0529. The van der Waals surface area contributed by atoms with E-state index in [1.54, 1.807) is 29.5 Å². The third-order valence-corrected chi connectivity index (χ3v) is 7.16. The Bertz CT molecular complexity index is 1150. The number of aromatic amines is 1. The van der Waals surface area contributed by atoms with E-state index in [1.807, 2.05) is 0 Å². The Hall–Kier alpha value is -2.46. The lowest BCUT2D eigenvalue weighted by atomic mass is 10.2. The van der Waals surface area contributed by atoms with Gasteiger partial charge in [-0.3, -0.25) is 9.59 Å². The van der Waals surface area contributed by atoms with Crippen molar-refractivity contribution in [1.82, 2.24) is 15.3 Å². The Morgan fingerprint density at radius 2 is 2.16 bits per heavy atom. The summed E-state index contributed by atoms with van der Waals surface area (Å²) >= 11 is 3.11. The number of aryl methyl sites for hydroxylation is 2. The molecular formula is C21H21F2N3O3S2. The number of aromatic nitrogens is 2. The van der Waals surface area contributed by atoms with Crippen LogP contribution in [0.15, 0.2) is 29.1 Å². The highest BCUT2D eigenvalue weighted by Gasteiger charge is 2.21. The van der Waals surface area contributed by atoms with E-state index in [4.69, 9.17) is 0 Å². The van der Waals surface area contributed by atoms with Crippen molar-refractivity contribution in [2.45, 2.75) is 44.6 Å². The number of benzene rings is 1. The summed E-state index contributed by atoms with van der Waals surface area (Å²) in [6.45, 7) is -2.80. The molecule has 10 heteroatoms. The molecule has 2 heterocycles. The number of thiophene rings is 1.